The van der Waals surface area contributed by atoms with Crippen LogP contribution in [0.25, 0.3) is 11.3 Å². The van der Waals surface area contributed by atoms with E-state index in [1.807, 2.05) is 0 Å². The van der Waals surface area contributed by atoms with Crippen LogP contribution in [-0.2, 0) is 5.54 Å². The zero-order chi connectivity index (χ0) is 14.2. The normalized spacial score (nSPS) is 18.1. The number of benzene rings is 1. The molecule has 3 rings (SSSR count). The molecule has 0 saturated heterocycles. The number of nitrogens with two attached hydrogens (primary N) is 1. The number of aromatic nitrogens is 2. The smallest absolute Gasteiger partial charge is 0.126 e. The van der Waals surface area contributed by atoms with Crippen LogP contribution < -0.4 is 5.73 Å². The summed E-state index contributed by atoms with van der Waals surface area (Å²) < 4.78 is 26.5. The topological polar surface area (TPSA) is 54.7 Å². The average Bonchev–Trinajstić information content (AvgIpc) is 2.89. The van der Waals surface area contributed by atoms with E-state index in [0.29, 0.717) is 17.1 Å². The summed E-state index contributed by atoms with van der Waals surface area (Å²) in [6, 6.07) is 3.42. The minimum absolute atomic E-state index is 0.442. The first kappa shape index (κ1) is 13.2. The molecule has 3 N–H and O–H groups in total. The van der Waals surface area contributed by atoms with Crippen molar-refractivity contribution in [3.8, 4) is 11.3 Å². The molecule has 1 saturated carbocycles. The molecule has 1 aromatic carbocycles. The van der Waals surface area contributed by atoms with Gasteiger partial charge in [0, 0.05) is 11.6 Å². The number of imidazole rings is 1. The molecule has 0 atom stereocenters. The van der Waals surface area contributed by atoms with Crippen molar-refractivity contribution in [2.45, 2.75) is 37.6 Å². The quantitative estimate of drug-likeness (QED) is 0.883. The SMILES string of the molecule is NC1(c2ncc(-c3cc(F)cc(F)c3)[nH]2)CCCCC1. The number of hydrogen-bond donors (Lipinski definition) is 2. The van der Waals surface area contributed by atoms with E-state index in [9.17, 15) is 8.78 Å². The Labute approximate surface area is 116 Å². The minimum atomic E-state index is -0.601. The van der Waals surface area contributed by atoms with E-state index in [1.165, 1.54) is 18.6 Å². The fourth-order valence-corrected chi connectivity index (χ4v) is 2.85. The van der Waals surface area contributed by atoms with Crippen LogP contribution in [0.3, 0.4) is 0 Å². The van der Waals surface area contributed by atoms with Gasteiger partial charge in [-0.25, -0.2) is 13.8 Å². The Kier molecular flexibility index (Phi) is 3.30. The summed E-state index contributed by atoms with van der Waals surface area (Å²) >= 11 is 0. The first-order valence-corrected chi connectivity index (χ1v) is 6.88. The fraction of sp³-hybridized carbons (Fsp3) is 0.400. The van der Waals surface area contributed by atoms with Crippen LogP contribution in [0.4, 0.5) is 8.78 Å². The maximum atomic E-state index is 13.3. The third-order valence-corrected chi connectivity index (χ3v) is 3.97. The highest BCUT2D eigenvalue weighted by atomic mass is 19.1. The van der Waals surface area contributed by atoms with Crippen molar-refractivity contribution >= 4 is 0 Å². The Morgan fingerprint density at radius 2 is 1.70 bits per heavy atom. The molecular formula is C15H17F2N3. The van der Waals surface area contributed by atoms with Crippen molar-refractivity contribution in [2.75, 3.05) is 0 Å². The van der Waals surface area contributed by atoms with Crippen LogP contribution in [0.5, 0.6) is 0 Å². The van der Waals surface area contributed by atoms with Crippen LogP contribution in [-0.4, -0.2) is 9.97 Å². The number of aromatic amines is 1. The van der Waals surface area contributed by atoms with Crippen molar-refractivity contribution < 1.29 is 8.78 Å². The van der Waals surface area contributed by atoms with Gasteiger partial charge in [-0.3, -0.25) is 0 Å². The van der Waals surface area contributed by atoms with Gasteiger partial charge >= 0.3 is 0 Å². The monoisotopic (exact) mass is 277 g/mol. The predicted octanol–water partition coefficient (Wildman–Crippen LogP) is 3.47. The van der Waals surface area contributed by atoms with Crippen LogP contribution in [0.2, 0.25) is 0 Å². The Hall–Kier alpha value is -1.75. The minimum Gasteiger partial charge on any atom is -0.340 e. The molecule has 0 aliphatic heterocycles. The predicted molar refractivity (Wildman–Crippen MR) is 72.9 cm³/mol. The Balaban J connectivity index is 1.93. The molecule has 20 heavy (non-hydrogen) atoms. The summed E-state index contributed by atoms with van der Waals surface area (Å²) in [6.45, 7) is 0. The molecule has 0 bridgehead atoms. The zero-order valence-corrected chi connectivity index (χ0v) is 11.1. The van der Waals surface area contributed by atoms with E-state index < -0.39 is 17.2 Å². The molecule has 0 unspecified atom stereocenters. The lowest BCUT2D eigenvalue weighted by molar-refractivity contribution is 0.289. The summed E-state index contributed by atoms with van der Waals surface area (Å²) in [7, 11) is 0. The maximum Gasteiger partial charge on any atom is 0.126 e. The number of H-pyrrole nitrogens is 1. The highest BCUT2D eigenvalue weighted by molar-refractivity contribution is 5.58. The lowest BCUT2D eigenvalue weighted by atomic mass is 9.82. The highest BCUT2D eigenvalue weighted by Gasteiger charge is 2.32. The molecule has 0 amide bonds. The molecule has 2 aromatic rings. The number of rotatable bonds is 2. The Bertz CT molecular complexity index is 595. The molecule has 106 valence electrons. The molecular weight excluding hydrogens is 260 g/mol. The number of hydrogen-bond acceptors (Lipinski definition) is 2. The van der Waals surface area contributed by atoms with Crippen LogP contribution in [0.1, 0.15) is 37.9 Å². The van der Waals surface area contributed by atoms with Gasteiger partial charge in [0.2, 0.25) is 0 Å². The summed E-state index contributed by atoms with van der Waals surface area (Å²) in [6.07, 6.45) is 6.73. The summed E-state index contributed by atoms with van der Waals surface area (Å²) in [5.74, 6) is -0.496. The molecule has 1 heterocycles. The largest absolute Gasteiger partial charge is 0.340 e. The van der Waals surface area contributed by atoms with Gasteiger partial charge < -0.3 is 10.7 Å². The lowest BCUT2D eigenvalue weighted by Crippen LogP contribution is -2.39. The van der Waals surface area contributed by atoms with Crippen LogP contribution >= 0.6 is 0 Å². The van der Waals surface area contributed by atoms with E-state index in [-0.39, 0.29) is 0 Å². The van der Waals surface area contributed by atoms with Crippen molar-refractivity contribution in [3.05, 3.63) is 41.9 Å². The van der Waals surface area contributed by atoms with Gasteiger partial charge in [0.15, 0.2) is 0 Å². The van der Waals surface area contributed by atoms with E-state index >= 15 is 0 Å². The van der Waals surface area contributed by atoms with Gasteiger partial charge in [0.05, 0.1) is 17.4 Å². The molecule has 0 radical (unpaired) electrons. The summed E-state index contributed by atoms with van der Waals surface area (Å²) in [5, 5.41) is 0. The van der Waals surface area contributed by atoms with Crippen molar-refractivity contribution in [1.82, 2.24) is 9.97 Å². The zero-order valence-electron chi connectivity index (χ0n) is 11.1. The molecule has 1 aliphatic carbocycles. The molecule has 1 fully saturated rings. The Morgan fingerprint density at radius 3 is 2.35 bits per heavy atom. The van der Waals surface area contributed by atoms with E-state index in [0.717, 1.165) is 31.7 Å². The second-order valence-electron chi connectivity index (χ2n) is 5.52. The molecule has 0 spiro atoms. The molecule has 1 aliphatic rings. The van der Waals surface area contributed by atoms with Crippen molar-refractivity contribution in [1.29, 1.82) is 0 Å². The summed E-state index contributed by atoms with van der Waals surface area (Å²) in [4.78, 5) is 7.45. The first-order chi connectivity index (χ1) is 9.57. The van der Waals surface area contributed by atoms with Gasteiger partial charge in [0.25, 0.3) is 0 Å². The third-order valence-electron chi connectivity index (χ3n) is 3.97. The number of nitrogens with one attached hydrogen (secondary N) is 1. The van der Waals surface area contributed by atoms with Crippen molar-refractivity contribution in [3.63, 3.8) is 0 Å². The second kappa shape index (κ2) is 4.98. The van der Waals surface area contributed by atoms with Gasteiger partial charge in [-0.05, 0) is 25.0 Å². The maximum absolute atomic E-state index is 13.3. The fourth-order valence-electron chi connectivity index (χ4n) is 2.85. The van der Waals surface area contributed by atoms with E-state index in [2.05, 4.69) is 9.97 Å². The van der Waals surface area contributed by atoms with Gasteiger partial charge in [-0.2, -0.15) is 0 Å². The summed E-state index contributed by atoms with van der Waals surface area (Å²) in [5.41, 5.74) is 6.98. The average molecular weight is 277 g/mol. The standard InChI is InChI=1S/C15H17F2N3/c16-11-6-10(7-12(17)8-11)13-9-19-14(20-13)15(18)4-2-1-3-5-15/h6-9H,1-5,18H2,(H,19,20). The van der Waals surface area contributed by atoms with Crippen molar-refractivity contribution in [2.24, 2.45) is 5.73 Å². The molecule has 1 aromatic heterocycles. The third kappa shape index (κ3) is 2.45. The first-order valence-electron chi connectivity index (χ1n) is 6.88. The van der Waals surface area contributed by atoms with Gasteiger partial charge in [0.1, 0.15) is 17.5 Å². The lowest BCUT2D eigenvalue weighted by Gasteiger charge is -2.31. The van der Waals surface area contributed by atoms with Crippen LogP contribution in [0.15, 0.2) is 24.4 Å². The number of nitrogens with zero attached hydrogens (tertiary/aromatic N) is 1. The molecule has 5 heteroatoms. The molecule has 3 nitrogen and oxygen atoms in total. The van der Waals surface area contributed by atoms with Gasteiger partial charge in [-0.1, -0.05) is 19.3 Å². The van der Waals surface area contributed by atoms with E-state index in [4.69, 9.17) is 5.73 Å². The highest BCUT2D eigenvalue weighted by Crippen LogP contribution is 2.34. The second-order valence-corrected chi connectivity index (χ2v) is 5.52. The van der Waals surface area contributed by atoms with E-state index in [1.54, 1.807) is 6.20 Å². The Morgan fingerprint density at radius 1 is 1.05 bits per heavy atom. The number of halogens is 2. The van der Waals surface area contributed by atoms with Gasteiger partial charge in [-0.15, -0.1) is 0 Å². The van der Waals surface area contributed by atoms with Crippen LogP contribution in [0, 0.1) is 11.6 Å².